The lowest BCUT2D eigenvalue weighted by Gasteiger charge is -2.48. The summed E-state index contributed by atoms with van der Waals surface area (Å²) in [6.07, 6.45) is 4.81. The highest BCUT2D eigenvalue weighted by atomic mass is 19.4. The molecule has 0 aromatic heterocycles. The van der Waals surface area contributed by atoms with Crippen LogP contribution < -0.4 is 4.90 Å². The Hall–Kier alpha value is -2.31. The second kappa shape index (κ2) is 9.90. The predicted octanol–water partition coefficient (Wildman–Crippen LogP) is 7.31. The highest BCUT2D eigenvalue weighted by Crippen LogP contribution is 2.45. The van der Waals surface area contributed by atoms with Gasteiger partial charge in [-0.15, -0.1) is 0 Å². The number of unbranched alkanes of at least 4 members (excludes halogenated alkanes) is 5. The lowest BCUT2D eigenvalue weighted by molar-refractivity contribution is -0.136. The molecular weight excluding hydrogens is 429 g/mol. The fourth-order valence-electron chi connectivity index (χ4n) is 5.05. The second-order valence-corrected chi connectivity index (χ2v) is 9.98. The number of hydrogen-bond acceptors (Lipinski definition) is 4. The Balaban J connectivity index is 1.90. The summed E-state index contributed by atoms with van der Waals surface area (Å²) < 4.78 is 39.8. The lowest BCUT2D eigenvalue weighted by atomic mass is 9.78. The van der Waals surface area contributed by atoms with Crippen molar-refractivity contribution in [1.82, 2.24) is 0 Å². The summed E-state index contributed by atoms with van der Waals surface area (Å²) in [4.78, 5) is 18.7. The van der Waals surface area contributed by atoms with Gasteiger partial charge in [0.05, 0.1) is 5.57 Å². The van der Waals surface area contributed by atoms with Crippen LogP contribution in [0.25, 0.3) is 6.08 Å². The van der Waals surface area contributed by atoms with E-state index in [1.54, 1.807) is 0 Å². The standard InChI is InChI=1S/C26H35F3N2O2/c1-6-7-8-9-10-11-12-31-22-13-17(2)19(14-20(22)18(3)16-25(31,4)5)15-21-23(26(27,28)29)30-33-24(21)32/h13-15,18H,6-12,16H2,1-5H3. The van der Waals surface area contributed by atoms with Gasteiger partial charge in [-0.1, -0.05) is 51.1 Å². The van der Waals surface area contributed by atoms with Crippen LogP contribution in [0.1, 0.15) is 95.2 Å². The first kappa shape index (κ1) is 25.3. The number of rotatable bonds is 8. The van der Waals surface area contributed by atoms with Gasteiger partial charge in [0, 0.05) is 17.8 Å². The molecule has 1 unspecified atom stereocenters. The van der Waals surface area contributed by atoms with Crippen LogP contribution in [-0.4, -0.2) is 29.9 Å². The summed E-state index contributed by atoms with van der Waals surface area (Å²) in [5.41, 5.74) is 1.83. The number of anilines is 1. The van der Waals surface area contributed by atoms with Gasteiger partial charge in [0.15, 0.2) is 5.71 Å². The molecule has 0 spiro atoms. The van der Waals surface area contributed by atoms with E-state index in [4.69, 9.17) is 0 Å². The molecule has 33 heavy (non-hydrogen) atoms. The molecule has 0 aliphatic carbocycles. The van der Waals surface area contributed by atoms with E-state index in [0.717, 1.165) is 36.2 Å². The van der Waals surface area contributed by atoms with E-state index in [-0.39, 0.29) is 11.5 Å². The molecule has 1 aromatic carbocycles. The average molecular weight is 465 g/mol. The van der Waals surface area contributed by atoms with Crippen LogP contribution in [0.15, 0.2) is 22.9 Å². The highest BCUT2D eigenvalue weighted by molar-refractivity contribution is 6.27. The molecule has 3 rings (SSSR count). The quantitative estimate of drug-likeness (QED) is 0.230. The molecule has 4 nitrogen and oxygen atoms in total. The van der Waals surface area contributed by atoms with Gasteiger partial charge >= 0.3 is 12.1 Å². The number of aryl methyl sites for hydroxylation is 1. The number of alkyl halides is 3. The van der Waals surface area contributed by atoms with Crippen LogP contribution in [0.3, 0.4) is 0 Å². The fraction of sp³-hybridized carbons (Fsp3) is 0.615. The van der Waals surface area contributed by atoms with E-state index in [0.29, 0.717) is 5.56 Å². The Kier molecular flexibility index (Phi) is 7.59. The predicted molar refractivity (Wildman–Crippen MR) is 127 cm³/mol. The molecule has 0 saturated carbocycles. The molecule has 0 saturated heterocycles. The van der Waals surface area contributed by atoms with Crippen LogP contribution in [0.5, 0.6) is 0 Å². The van der Waals surface area contributed by atoms with Crippen LogP contribution in [0, 0.1) is 6.92 Å². The van der Waals surface area contributed by atoms with Gasteiger partial charge < -0.3 is 9.74 Å². The Morgan fingerprint density at radius 1 is 1.18 bits per heavy atom. The highest BCUT2D eigenvalue weighted by Gasteiger charge is 2.45. The number of carbonyl (C=O) groups excluding carboxylic acids is 1. The summed E-state index contributed by atoms with van der Waals surface area (Å²) in [5.74, 6) is -0.821. The smallest absolute Gasteiger partial charge is 0.366 e. The topological polar surface area (TPSA) is 41.9 Å². The Bertz CT molecular complexity index is 948. The number of nitrogens with zero attached hydrogens (tertiary/aromatic N) is 2. The van der Waals surface area contributed by atoms with E-state index in [1.165, 1.54) is 38.2 Å². The minimum Gasteiger partial charge on any atom is -0.366 e. The third-order valence-corrected chi connectivity index (χ3v) is 6.77. The van der Waals surface area contributed by atoms with Crippen LogP contribution >= 0.6 is 0 Å². The molecule has 0 amide bonds. The van der Waals surface area contributed by atoms with Crippen molar-refractivity contribution in [3.63, 3.8) is 0 Å². The van der Waals surface area contributed by atoms with Crippen molar-refractivity contribution in [2.24, 2.45) is 5.16 Å². The van der Waals surface area contributed by atoms with E-state index < -0.39 is 23.4 Å². The van der Waals surface area contributed by atoms with Crippen molar-refractivity contribution in [3.05, 3.63) is 34.4 Å². The first-order chi connectivity index (χ1) is 15.5. The van der Waals surface area contributed by atoms with Gasteiger partial charge in [0.1, 0.15) is 0 Å². The average Bonchev–Trinajstić information content (AvgIpc) is 3.08. The molecule has 0 bridgehead atoms. The first-order valence-electron chi connectivity index (χ1n) is 12.0. The van der Waals surface area contributed by atoms with E-state index in [1.807, 2.05) is 13.0 Å². The molecule has 2 aliphatic rings. The lowest BCUT2D eigenvalue weighted by Crippen LogP contribution is -2.48. The number of fused-ring (bicyclic) bond motifs is 1. The minimum atomic E-state index is -4.74. The Morgan fingerprint density at radius 3 is 2.52 bits per heavy atom. The summed E-state index contributed by atoms with van der Waals surface area (Å²) in [5, 5.41) is 2.95. The van der Waals surface area contributed by atoms with Gasteiger partial charge in [-0.2, -0.15) is 13.2 Å². The van der Waals surface area contributed by atoms with Gasteiger partial charge in [-0.3, -0.25) is 0 Å². The molecule has 182 valence electrons. The monoisotopic (exact) mass is 464 g/mol. The minimum absolute atomic E-state index is 0.00632. The van der Waals surface area contributed by atoms with Crippen molar-refractivity contribution in [2.75, 3.05) is 11.4 Å². The summed E-state index contributed by atoms with van der Waals surface area (Å²) in [7, 11) is 0. The molecule has 2 aliphatic heterocycles. The van der Waals surface area contributed by atoms with Crippen molar-refractivity contribution in [3.8, 4) is 0 Å². The molecule has 0 fully saturated rings. The van der Waals surface area contributed by atoms with Crippen LogP contribution in [0.2, 0.25) is 0 Å². The molecule has 2 heterocycles. The second-order valence-electron chi connectivity index (χ2n) is 9.98. The van der Waals surface area contributed by atoms with E-state index in [9.17, 15) is 18.0 Å². The summed E-state index contributed by atoms with van der Waals surface area (Å²) >= 11 is 0. The van der Waals surface area contributed by atoms with Gasteiger partial charge in [0.25, 0.3) is 0 Å². The number of hydrogen-bond donors (Lipinski definition) is 0. The van der Waals surface area contributed by atoms with E-state index >= 15 is 0 Å². The summed E-state index contributed by atoms with van der Waals surface area (Å²) in [6.45, 7) is 11.7. The van der Waals surface area contributed by atoms with Crippen molar-refractivity contribution < 1.29 is 22.8 Å². The normalized spacial score (nSPS) is 21.3. The van der Waals surface area contributed by atoms with Crippen molar-refractivity contribution in [2.45, 2.75) is 97.2 Å². The number of oxime groups is 1. The zero-order chi connectivity index (χ0) is 24.4. The SMILES string of the molecule is CCCCCCCCN1c2cc(C)c(C=C3C(=O)ON=C3C(F)(F)F)cc2C(C)CC1(C)C. The zero-order valence-corrected chi connectivity index (χ0v) is 20.3. The van der Waals surface area contributed by atoms with E-state index in [2.05, 4.69) is 48.7 Å². The van der Waals surface area contributed by atoms with Gasteiger partial charge in [-0.25, -0.2) is 4.79 Å². The molecule has 7 heteroatoms. The number of carbonyl (C=O) groups is 1. The zero-order valence-electron chi connectivity index (χ0n) is 20.3. The van der Waals surface area contributed by atoms with Crippen LogP contribution in [-0.2, 0) is 9.63 Å². The maximum Gasteiger partial charge on any atom is 0.437 e. The third-order valence-electron chi connectivity index (χ3n) is 6.77. The number of benzene rings is 1. The molecular formula is C26H35F3N2O2. The molecule has 0 radical (unpaired) electrons. The van der Waals surface area contributed by atoms with Crippen molar-refractivity contribution >= 4 is 23.4 Å². The Labute approximate surface area is 194 Å². The first-order valence-corrected chi connectivity index (χ1v) is 12.0. The summed E-state index contributed by atoms with van der Waals surface area (Å²) in [6, 6.07) is 3.99. The molecule has 1 aromatic rings. The molecule has 0 N–H and O–H groups in total. The molecule has 1 atom stereocenters. The van der Waals surface area contributed by atoms with Crippen molar-refractivity contribution in [1.29, 1.82) is 0 Å². The maximum absolute atomic E-state index is 13.3. The van der Waals surface area contributed by atoms with Crippen LogP contribution in [0.4, 0.5) is 18.9 Å². The van der Waals surface area contributed by atoms with Gasteiger partial charge in [-0.05, 0) is 74.4 Å². The Morgan fingerprint density at radius 2 is 1.85 bits per heavy atom. The maximum atomic E-state index is 13.3. The largest absolute Gasteiger partial charge is 0.437 e. The number of halogens is 3. The third kappa shape index (κ3) is 5.61. The fourth-order valence-corrected chi connectivity index (χ4v) is 5.05. The van der Waals surface area contributed by atoms with Gasteiger partial charge in [0.2, 0.25) is 0 Å².